The molecule has 0 N–H and O–H groups in total. The van der Waals surface area contributed by atoms with Crippen LogP contribution in [0.1, 0.15) is 108 Å². The largest absolute Gasteiger partial charge is 0.0856 e. The van der Waals surface area contributed by atoms with Crippen LogP contribution in [-0.4, -0.2) is 0 Å². The standard InChI is InChI=1S/C40H58/c1-33(2)19-13-23-37(7)27-17-31-39(9)29-15-25-35(5)21-11-12-22-36(6)26-16-30-40(10)32-18-28-38(8)24-14-20-34(3)4/h15-22,25-32H,11-14,23-24H2,1-10H3/b25-15+,26-16+,31-17+,32-18+,35-21+,36-22+,37-27+,38-28+,39-29+,40-30+. The van der Waals surface area contributed by atoms with Gasteiger partial charge in [0.2, 0.25) is 0 Å². The molecule has 0 aromatic rings. The van der Waals surface area contributed by atoms with Crippen molar-refractivity contribution in [1.82, 2.24) is 0 Å². The summed E-state index contributed by atoms with van der Waals surface area (Å²) in [5.41, 5.74) is 10.7. The van der Waals surface area contributed by atoms with Gasteiger partial charge in [-0.1, -0.05) is 142 Å². The van der Waals surface area contributed by atoms with E-state index in [4.69, 9.17) is 0 Å². The third-order valence-electron chi connectivity index (χ3n) is 6.20. The highest BCUT2D eigenvalue weighted by molar-refractivity contribution is 5.30. The maximum Gasteiger partial charge on any atom is -0.0285 e. The third-order valence-corrected chi connectivity index (χ3v) is 6.20. The molecule has 0 unspecified atom stereocenters. The lowest BCUT2D eigenvalue weighted by atomic mass is 10.1. The molecule has 0 radical (unpaired) electrons. The Morgan fingerprint density at radius 3 is 1.02 bits per heavy atom. The first-order valence-corrected chi connectivity index (χ1v) is 15.0. The fourth-order valence-electron chi connectivity index (χ4n) is 3.64. The predicted octanol–water partition coefficient (Wildman–Crippen LogP) is 13.2. The second-order valence-electron chi connectivity index (χ2n) is 11.4. The topological polar surface area (TPSA) is 0 Å². The zero-order valence-corrected chi connectivity index (χ0v) is 27.5. The summed E-state index contributed by atoms with van der Waals surface area (Å²) in [6, 6.07) is 0. The van der Waals surface area contributed by atoms with Crippen LogP contribution >= 0.6 is 0 Å². The average molecular weight is 539 g/mol. The molecule has 0 aromatic carbocycles. The van der Waals surface area contributed by atoms with Crippen molar-refractivity contribution in [3.05, 3.63) is 142 Å². The Kier molecular flexibility index (Phi) is 21.9. The van der Waals surface area contributed by atoms with Gasteiger partial charge in [-0.25, -0.2) is 0 Å². The Hall–Kier alpha value is -3.12. The van der Waals surface area contributed by atoms with Crippen LogP contribution in [0, 0.1) is 0 Å². The highest BCUT2D eigenvalue weighted by Crippen LogP contribution is 2.10. The van der Waals surface area contributed by atoms with E-state index in [1.807, 2.05) is 0 Å². The lowest BCUT2D eigenvalue weighted by Gasteiger charge is -1.97. The quantitative estimate of drug-likeness (QED) is 0.0981. The first-order valence-electron chi connectivity index (χ1n) is 15.0. The summed E-state index contributed by atoms with van der Waals surface area (Å²) < 4.78 is 0. The molecule has 0 bridgehead atoms. The highest BCUT2D eigenvalue weighted by Gasteiger charge is 1.89. The molecule has 0 rings (SSSR count). The average Bonchev–Trinajstić information content (AvgIpc) is 2.86. The molecule has 0 atom stereocenters. The maximum absolute atomic E-state index is 2.31. The lowest BCUT2D eigenvalue weighted by Crippen LogP contribution is -1.76. The van der Waals surface area contributed by atoms with E-state index in [-0.39, 0.29) is 0 Å². The summed E-state index contributed by atoms with van der Waals surface area (Å²) >= 11 is 0. The van der Waals surface area contributed by atoms with Crippen molar-refractivity contribution >= 4 is 0 Å². The molecule has 0 amide bonds. The Balaban J connectivity index is 4.56. The second kappa shape index (κ2) is 23.7. The molecule has 0 heterocycles. The van der Waals surface area contributed by atoms with Gasteiger partial charge in [-0.15, -0.1) is 0 Å². The third kappa shape index (κ3) is 25.2. The number of unbranched alkanes of at least 4 members (excludes halogenated alkanes) is 1. The van der Waals surface area contributed by atoms with Crippen molar-refractivity contribution in [2.75, 3.05) is 0 Å². The van der Waals surface area contributed by atoms with Gasteiger partial charge in [0.15, 0.2) is 0 Å². The maximum atomic E-state index is 2.31. The lowest BCUT2D eigenvalue weighted by molar-refractivity contribution is 0.967. The van der Waals surface area contributed by atoms with Crippen LogP contribution in [0.5, 0.6) is 0 Å². The van der Waals surface area contributed by atoms with Crippen LogP contribution in [0.2, 0.25) is 0 Å². The molecule has 0 heteroatoms. The van der Waals surface area contributed by atoms with E-state index < -0.39 is 0 Å². The normalized spacial score (nSPS) is 14.8. The molecule has 0 nitrogen and oxygen atoms in total. The van der Waals surface area contributed by atoms with Crippen LogP contribution in [0.4, 0.5) is 0 Å². The van der Waals surface area contributed by atoms with Crippen LogP contribution in [0.3, 0.4) is 0 Å². The van der Waals surface area contributed by atoms with Gasteiger partial charge in [-0.3, -0.25) is 0 Å². The Bertz CT molecular complexity index is 1010. The van der Waals surface area contributed by atoms with Crippen LogP contribution in [-0.2, 0) is 0 Å². The Labute approximate surface area is 249 Å². The van der Waals surface area contributed by atoms with Crippen molar-refractivity contribution in [1.29, 1.82) is 0 Å². The van der Waals surface area contributed by atoms with E-state index in [0.717, 1.165) is 38.5 Å². The Morgan fingerprint density at radius 2 is 0.675 bits per heavy atom. The molecular weight excluding hydrogens is 480 g/mol. The van der Waals surface area contributed by atoms with Gasteiger partial charge in [0.25, 0.3) is 0 Å². The summed E-state index contributed by atoms with van der Waals surface area (Å²) in [4.78, 5) is 0. The molecule has 218 valence electrons. The molecule has 0 saturated carbocycles. The molecule has 0 saturated heterocycles. The first-order chi connectivity index (χ1) is 19.0. The fourth-order valence-corrected chi connectivity index (χ4v) is 3.64. The van der Waals surface area contributed by atoms with Crippen molar-refractivity contribution < 1.29 is 0 Å². The molecule has 0 fully saturated rings. The van der Waals surface area contributed by atoms with Gasteiger partial charge < -0.3 is 0 Å². The summed E-state index contributed by atoms with van der Waals surface area (Å²) in [6.07, 6.45) is 41.9. The molecule has 0 aromatic heterocycles. The van der Waals surface area contributed by atoms with Crippen molar-refractivity contribution in [3.63, 3.8) is 0 Å². The van der Waals surface area contributed by atoms with Gasteiger partial charge in [-0.05, 0) is 108 Å². The van der Waals surface area contributed by atoms with Crippen molar-refractivity contribution in [2.45, 2.75) is 108 Å². The zero-order chi connectivity index (χ0) is 30.2. The second-order valence-corrected chi connectivity index (χ2v) is 11.4. The molecular formula is C40H58. The minimum Gasteiger partial charge on any atom is -0.0856 e. The van der Waals surface area contributed by atoms with Gasteiger partial charge in [0, 0.05) is 0 Å². The minimum atomic E-state index is 1.05. The number of hydrogen-bond acceptors (Lipinski definition) is 0. The van der Waals surface area contributed by atoms with Crippen molar-refractivity contribution in [3.8, 4) is 0 Å². The van der Waals surface area contributed by atoms with E-state index >= 15 is 0 Å². The first kappa shape index (κ1) is 36.9. The smallest absolute Gasteiger partial charge is 0.0285 e. The van der Waals surface area contributed by atoms with Crippen molar-refractivity contribution in [2.24, 2.45) is 0 Å². The van der Waals surface area contributed by atoms with Crippen LogP contribution in [0.25, 0.3) is 0 Å². The molecule has 40 heavy (non-hydrogen) atoms. The molecule has 0 aliphatic carbocycles. The van der Waals surface area contributed by atoms with E-state index in [2.05, 4.69) is 166 Å². The fraction of sp³-hybridized carbons (Fsp3) is 0.400. The Morgan fingerprint density at radius 1 is 0.350 bits per heavy atom. The number of allylic oxidation sites excluding steroid dienone is 24. The SMILES string of the molecule is CC(C)=CCC/C(C)=C/C=C/C(C)=C/C=C/C(C)=C/CC/C=C(C)/C=C/C=C(C)/C=C/C=C(\C)CCC=C(C)C. The molecule has 0 aliphatic rings. The predicted molar refractivity (Wildman–Crippen MR) is 186 cm³/mol. The summed E-state index contributed by atoms with van der Waals surface area (Å²) in [5, 5.41) is 0. The molecule has 0 aliphatic heterocycles. The summed E-state index contributed by atoms with van der Waals surface area (Å²) in [5.74, 6) is 0. The van der Waals surface area contributed by atoms with E-state index in [1.54, 1.807) is 0 Å². The van der Waals surface area contributed by atoms with Crippen LogP contribution in [0.15, 0.2) is 142 Å². The number of hydrogen-bond donors (Lipinski definition) is 0. The summed E-state index contributed by atoms with van der Waals surface area (Å²) in [6.45, 7) is 21.7. The van der Waals surface area contributed by atoms with Gasteiger partial charge in [0.05, 0.1) is 0 Å². The van der Waals surface area contributed by atoms with E-state index in [1.165, 1.54) is 44.6 Å². The summed E-state index contributed by atoms with van der Waals surface area (Å²) in [7, 11) is 0. The highest BCUT2D eigenvalue weighted by atomic mass is 14.0. The van der Waals surface area contributed by atoms with Gasteiger partial charge >= 0.3 is 0 Å². The van der Waals surface area contributed by atoms with E-state index in [9.17, 15) is 0 Å². The number of rotatable bonds is 17. The van der Waals surface area contributed by atoms with E-state index in [0.29, 0.717) is 0 Å². The monoisotopic (exact) mass is 538 g/mol. The molecule has 0 spiro atoms. The minimum absolute atomic E-state index is 1.05. The van der Waals surface area contributed by atoms with Crippen LogP contribution < -0.4 is 0 Å². The van der Waals surface area contributed by atoms with Gasteiger partial charge in [-0.2, -0.15) is 0 Å². The zero-order valence-electron chi connectivity index (χ0n) is 27.5. The van der Waals surface area contributed by atoms with Gasteiger partial charge in [0.1, 0.15) is 0 Å².